The second-order valence-corrected chi connectivity index (χ2v) is 3.77. The third-order valence-corrected chi connectivity index (χ3v) is 2.67. The summed E-state index contributed by atoms with van der Waals surface area (Å²) in [5.74, 6) is 0. The Kier molecular flexibility index (Phi) is 4.62. The standard InChI is InChI=1S/C10H21NO/c1-2-3-4-8-11-9-6-5-7-10(9)12/h9-12H,2-8H2,1H3/t9-,10-/m1/s1. The molecule has 2 atom stereocenters. The molecule has 2 nitrogen and oxygen atoms in total. The van der Waals surface area contributed by atoms with E-state index in [0.717, 1.165) is 19.4 Å². The topological polar surface area (TPSA) is 32.3 Å². The summed E-state index contributed by atoms with van der Waals surface area (Å²) in [4.78, 5) is 0. The van der Waals surface area contributed by atoms with Gasteiger partial charge in [-0.2, -0.15) is 0 Å². The van der Waals surface area contributed by atoms with Crippen molar-refractivity contribution in [1.82, 2.24) is 5.32 Å². The average molecular weight is 171 g/mol. The van der Waals surface area contributed by atoms with Gasteiger partial charge >= 0.3 is 0 Å². The molecular weight excluding hydrogens is 150 g/mol. The van der Waals surface area contributed by atoms with Gasteiger partial charge in [-0.1, -0.05) is 19.8 Å². The fourth-order valence-electron chi connectivity index (χ4n) is 1.84. The molecule has 0 aromatic rings. The van der Waals surface area contributed by atoms with Crippen LogP contribution in [-0.4, -0.2) is 23.8 Å². The van der Waals surface area contributed by atoms with E-state index in [0.29, 0.717) is 6.04 Å². The quantitative estimate of drug-likeness (QED) is 0.617. The number of unbranched alkanes of at least 4 members (excludes halogenated alkanes) is 2. The van der Waals surface area contributed by atoms with Gasteiger partial charge in [0.1, 0.15) is 0 Å². The molecule has 72 valence electrons. The molecule has 1 fully saturated rings. The lowest BCUT2D eigenvalue weighted by Gasteiger charge is -2.15. The van der Waals surface area contributed by atoms with E-state index in [1.165, 1.54) is 25.7 Å². The molecule has 1 aliphatic carbocycles. The van der Waals surface area contributed by atoms with Crippen LogP contribution in [-0.2, 0) is 0 Å². The molecule has 0 amide bonds. The molecule has 0 radical (unpaired) electrons. The van der Waals surface area contributed by atoms with Crippen molar-refractivity contribution in [2.45, 2.75) is 57.6 Å². The first kappa shape index (κ1) is 10.0. The Bertz CT molecular complexity index is 116. The van der Waals surface area contributed by atoms with Gasteiger partial charge in [-0.3, -0.25) is 0 Å². The second-order valence-electron chi connectivity index (χ2n) is 3.77. The molecule has 0 unspecified atom stereocenters. The van der Waals surface area contributed by atoms with Crippen LogP contribution >= 0.6 is 0 Å². The van der Waals surface area contributed by atoms with E-state index in [2.05, 4.69) is 12.2 Å². The Labute approximate surface area is 75.4 Å². The molecule has 12 heavy (non-hydrogen) atoms. The predicted octanol–water partition coefficient (Wildman–Crippen LogP) is 1.68. The summed E-state index contributed by atoms with van der Waals surface area (Å²) in [5.41, 5.74) is 0. The Hall–Kier alpha value is -0.0800. The maximum Gasteiger partial charge on any atom is 0.0693 e. The summed E-state index contributed by atoms with van der Waals surface area (Å²) >= 11 is 0. The average Bonchev–Trinajstić information content (AvgIpc) is 2.46. The molecule has 1 saturated carbocycles. The highest BCUT2D eigenvalue weighted by atomic mass is 16.3. The van der Waals surface area contributed by atoms with Crippen molar-refractivity contribution in [2.75, 3.05) is 6.54 Å². The zero-order valence-corrected chi connectivity index (χ0v) is 8.05. The lowest BCUT2D eigenvalue weighted by molar-refractivity contribution is 0.149. The van der Waals surface area contributed by atoms with Gasteiger partial charge in [0.2, 0.25) is 0 Å². The Morgan fingerprint density at radius 2 is 2.17 bits per heavy atom. The van der Waals surface area contributed by atoms with Crippen molar-refractivity contribution in [3.8, 4) is 0 Å². The van der Waals surface area contributed by atoms with Crippen LogP contribution in [0.3, 0.4) is 0 Å². The van der Waals surface area contributed by atoms with Crippen molar-refractivity contribution in [3.63, 3.8) is 0 Å². The fraction of sp³-hybridized carbons (Fsp3) is 1.00. The lowest BCUT2D eigenvalue weighted by Crippen LogP contribution is -2.36. The molecule has 2 N–H and O–H groups in total. The van der Waals surface area contributed by atoms with E-state index in [9.17, 15) is 5.11 Å². The molecule has 0 aliphatic heterocycles. The van der Waals surface area contributed by atoms with E-state index in [-0.39, 0.29) is 6.10 Å². The summed E-state index contributed by atoms with van der Waals surface area (Å²) < 4.78 is 0. The summed E-state index contributed by atoms with van der Waals surface area (Å²) in [6, 6.07) is 0.391. The molecule has 1 aliphatic rings. The van der Waals surface area contributed by atoms with Gasteiger partial charge in [-0.25, -0.2) is 0 Å². The first-order chi connectivity index (χ1) is 5.84. The maximum atomic E-state index is 9.48. The first-order valence-corrected chi connectivity index (χ1v) is 5.26. The van der Waals surface area contributed by atoms with Gasteiger partial charge in [0, 0.05) is 6.04 Å². The summed E-state index contributed by atoms with van der Waals surface area (Å²) in [6.45, 7) is 3.29. The zero-order valence-electron chi connectivity index (χ0n) is 8.05. The van der Waals surface area contributed by atoms with Gasteiger partial charge in [-0.15, -0.1) is 0 Å². The Morgan fingerprint density at radius 3 is 2.75 bits per heavy atom. The van der Waals surface area contributed by atoms with Crippen LogP contribution in [0.1, 0.15) is 45.4 Å². The van der Waals surface area contributed by atoms with E-state index < -0.39 is 0 Å². The summed E-state index contributed by atoms with van der Waals surface area (Å²) in [7, 11) is 0. The molecule has 0 saturated heterocycles. The monoisotopic (exact) mass is 171 g/mol. The molecule has 0 aromatic carbocycles. The normalized spacial score (nSPS) is 29.5. The fourth-order valence-corrected chi connectivity index (χ4v) is 1.84. The zero-order chi connectivity index (χ0) is 8.81. The van der Waals surface area contributed by atoms with Gasteiger partial charge in [-0.05, 0) is 32.2 Å². The SMILES string of the molecule is CCCCCN[C@@H]1CCC[C@H]1O. The van der Waals surface area contributed by atoms with Crippen molar-refractivity contribution in [2.24, 2.45) is 0 Å². The predicted molar refractivity (Wildman–Crippen MR) is 51.2 cm³/mol. The smallest absolute Gasteiger partial charge is 0.0693 e. The second kappa shape index (κ2) is 5.55. The van der Waals surface area contributed by atoms with E-state index in [1.807, 2.05) is 0 Å². The minimum absolute atomic E-state index is 0.0772. The Balaban J connectivity index is 1.98. The van der Waals surface area contributed by atoms with E-state index >= 15 is 0 Å². The highest BCUT2D eigenvalue weighted by molar-refractivity contribution is 4.82. The largest absolute Gasteiger partial charge is 0.392 e. The molecule has 2 heteroatoms. The third-order valence-electron chi connectivity index (χ3n) is 2.67. The third kappa shape index (κ3) is 3.11. The van der Waals surface area contributed by atoms with E-state index in [1.54, 1.807) is 0 Å². The molecule has 1 rings (SSSR count). The Morgan fingerprint density at radius 1 is 1.33 bits per heavy atom. The minimum Gasteiger partial charge on any atom is -0.392 e. The van der Waals surface area contributed by atoms with Crippen LogP contribution in [0, 0.1) is 0 Å². The van der Waals surface area contributed by atoms with Crippen LogP contribution in [0.5, 0.6) is 0 Å². The van der Waals surface area contributed by atoms with Gasteiger partial charge in [0.05, 0.1) is 6.10 Å². The van der Waals surface area contributed by atoms with Crippen LogP contribution < -0.4 is 5.32 Å². The number of rotatable bonds is 5. The highest BCUT2D eigenvalue weighted by Gasteiger charge is 2.23. The van der Waals surface area contributed by atoms with Crippen LogP contribution in [0.25, 0.3) is 0 Å². The summed E-state index contributed by atoms with van der Waals surface area (Å²) in [5, 5.41) is 12.9. The highest BCUT2D eigenvalue weighted by Crippen LogP contribution is 2.18. The van der Waals surface area contributed by atoms with Crippen LogP contribution in [0.15, 0.2) is 0 Å². The van der Waals surface area contributed by atoms with Gasteiger partial charge in [0.15, 0.2) is 0 Å². The number of aliphatic hydroxyl groups excluding tert-OH is 1. The maximum absolute atomic E-state index is 9.48. The molecular formula is C10H21NO. The van der Waals surface area contributed by atoms with Crippen molar-refractivity contribution < 1.29 is 5.11 Å². The van der Waals surface area contributed by atoms with Gasteiger partial charge < -0.3 is 10.4 Å². The van der Waals surface area contributed by atoms with E-state index in [4.69, 9.17) is 0 Å². The van der Waals surface area contributed by atoms with Crippen molar-refractivity contribution in [3.05, 3.63) is 0 Å². The molecule has 0 aromatic heterocycles. The van der Waals surface area contributed by atoms with Gasteiger partial charge in [0.25, 0.3) is 0 Å². The minimum atomic E-state index is -0.0772. The van der Waals surface area contributed by atoms with Crippen LogP contribution in [0.2, 0.25) is 0 Å². The summed E-state index contributed by atoms with van der Waals surface area (Å²) in [6.07, 6.45) is 7.09. The number of aliphatic hydroxyl groups is 1. The lowest BCUT2D eigenvalue weighted by atomic mass is 10.2. The number of hydrogen-bond donors (Lipinski definition) is 2. The molecule has 0 bridgehead atoms. The number of hydrogen-bond acceptors (Lipinski definition) is 2. The number of nitrogens with one attached hydrogen (secondary N) is 1. The molecule has 0 spiro atoms. The molecule has 0 heterocycles. The first-order valence-electron chi connectivity index (χ1n) is 5.26. The van der Waals surface area contributed by atoms with Crippen molar-refractivity contribution in [1.29, 1.82) is 0 Å². The van der Waals surface area contributed by atoms with Crippen molar-refractivity contribution >= 4 is 0 Å². The van der Waals surface area contributed by atoms with Crippen LogP contribution in [0.4, 0.5) is 0 Å².